The number of fused-ring (bicyclic) bond motifs is 2. The van der Waals surface area contributed by atoms with E-state index in [1.165, 1.54) is 0 Å². The van der Waals surface area contributed by atoms with Gasteiger partial charge in [-0.05, 0) is 31.1 Å². The monoisotopic (exact) mass is 165 g/mol. The molecule has 2 N–H and O–H groups in total. The van der Waals surface area contributed by atoms with E-state index in [-0.39, 0.29) is 11.3 Å². The van der Waals surface area contributed by atoms with Gasteiger partial charge in [0.1, 0.15) is 0 Å². The number of rotatable bonds is 2. The molecule has 0 heterocycles. The summed E-state index contributed by atoms with van der Waals surface area (Å²) in [7, 11) is 0. The highest BCUT2D eigenvalue weighted by Crippen LogP contribution is 2.53. The maximum atomic E-state index is 11.3. The lowest BCUT2D eigenvalue weighted by Gasteiger charge is -2.30. The maximum absolute atomic E-state index is 11.3. The number of carbonyl (C=O) groups excluding carboxylic acids is 1. The molecule has 0 aliphatic heterocycles. The lowest BCUT2D eigenvalue weighted by atomic mass is 9.73. The zero-order valence-electron chi connectivity index (χ0n) is 7.42. The molecule has 2 rings (SSSR count). The van der Waals surface area contributed by atoms with Crippen LogP contribution in [0.1, 0.15) is 26.2 Å². The Morgan fingerprint density at radius 1 is 1.67 bits per heavy atom. The van der Waals surface area contributed by atoms with Crippen LogP contribution in [-0.4, -0.2) is 5.91 Å². The first-order valence-corrected chi connectivity index (χ1v) is 4.67. The normalized spacial score (nSPS) is 43.8. The summed E-state index contributed by atoms with van der Waals surface area (Å²) < 4.78 is 0. The maximum Gasteiger partial charge on any atom is 0.224 e. The Kier molecular flexibility index (Phi) is 1.53. The van der Waals surface area contributed by atoms with Crippen LogP contribution >= 0.6 is 0 Å². The van der Waals surface area contributed by atoms with Crippen molar-refractivity contribution in [1.29, 1.82) is 0 Å². The molecule has 1 saturated carbocycles. The second-order valence-corrected chi connectivity index (χ2v) is 4.07. The molecule has 2 aliphatic carbocycles. The van der Waals surface area contributed by atoms with E-state index in [1.807, 2.05) is 0 Å². The fraction of sp³-hybridized carbons (Fsp3) is 0.700. The SMILES string of the molecule is CCC1(C(N)=O)CC2C=CC1C2. The molecule has 12 heavy (non-hydrogen) atoms. The summed E-state index contributed by atoms with van der Waals surface area (Å²) in [5.41, 5.74) is 5.26. The van der Waals surface area contributed by atoms with Crippen LogP contribution < -0.4 is 5.73 Å². The fourth-order valence-electron chi connectivity index (χ4n) is 2.82. The lowest BCUT2D eigenvalue weighted by molar-refractivity contribution is -0.129. The molecule has 0 aromatic rings. The number of primary amides is 1. The summed E-state index contributed by atoms with van der Waals surface area (Å²) in [5, 5.41) is 0. The van der Waals surface area contributed by atoms with Crippen LogP contribution in [0.15, 0.2) is 12.2 Å². The van der Waals surface area contributed by atoms with Gasteiger partial charge in [0.05, 0.1) is 5.41 Å². The van der Waals surface area contributed by atoms with Crippen molar-refractivity contribution < 1.29 is 4.79 Å². The molecule has 2 bridgehead atoms. The van der Waals surface area contributed by atoms with Crippen molar-refractivity contribution in [2.45, 2.75) is 26.2 Å². The van der Waals surface area contributed by atoms with Gasteiger partial charge in [0.15, 0.2) is 0 Å². The van der Waals surface area contributed by atoms with Crippen molar-refractivity contribution in [3.8, 4) is 0 Å². The van der Waals surface area contributed by atoms with Gasteiger partial charge < -0.3 is 5.73 Å². The van der Waals surface area contributed by atoms with Gasteiger partial charge >= 0.3 is 0 Å². The van der Waals surface area contributed by atoms with E-state index in [0.717, 1.165) is 19.3 Å². The van der Waals surface area contributed by atoms with Crippen LogP contribution in [0.5, 0.6) is 0 Å². The first kappa shape index (κ1) is 7.84. The Bertz CT molecular complexity index is 246. The molecule has 1 fully saturated rings. The third-order valence-corrected chi connectivity index (χ3v) is 3.63. The largest absolute Gasteiger partial charge is 0.369 e. The van der Waals surface area contributed by atoms with Gasteiger partial charge in [-0.3, -0.25) is 4.79 Å². The van der Waals surface area contributed by atoms with Crippen molar-refractivity contribution in [1.82, 2.24) is 0 Å². The van der Waals surface area contributed by atoms with Crippen LogP contribution in [0.4, 0.5) is 0 Å². The van der Waals surface area contributed by atoms with Crippen LogP contribution in [0.2, 0.25) is 0 Å². The zero-order chi connectivity index (χ0) is 8.77. The van der Waals surface area contributed by atoms with Gasteiger partial charge in [-0.15, -0.1) is 0 Å². The molecule has 0 saturated heterocycles. The molecule has 1 amide bonds. The van der Waals surface area contributed by atoms with E-state index in [0.29, 0.717) is 11.8 Å². The Hall–Kier alpha value is -0.790. The van der Waals surface area contributed by atoms with Crippen molar-refractivity contribution in [3.63, 3.8) is 0 Å². The highest BCUT2D eigenvalue weighted by atomic mass is 16.1. The molecule has 0 aromatic carbocycles. The Labute approximate surface area is 72.8 Å². The Balaban J connectivity index is 2.31. The van der Waals surface area contributed by atoms with Crippen molar-refractivity contribution in [2.75, 3.05) is 0 Å². The van der Waals surface area contributed by atoms with Crippen LogP contribution in [0.3, 0.4) is 0 Å². The van der Waals surface area contributed by atoms with Gasteiger partial charge in [0, 0.05) is 0 Å². The molecule has 2 heteroatoms. The predicted molar refractivity (Wildman–Crippen MR) is 47.3 cm³/mol. The summed E-state index contributed by atoms with van der Waals surface area (Å²) in [5.74, 6) is 0.967. The van der Waals surface area contributed by atoms with Gasteiger partial charge in [-0.25, -0.2) is 0 Å². The average molecular weight is 165 g/mol. The Morgan fingerprint density at radius 3 is 2.67 bits per heavy atom. The summed E-state index contributed by atoms with van der Waals surface area (Å²) >= 11 is 0. The molecule has 2 aliphatic rings. The van der Waals surface area contributed by atoms with Crippen LogP contribution in [0.25, 0.3) is 0 Å². The van der Waals surface area contributed by atoms with Crippen molar-refractivity contribution in [2.24, 2.45) is 23.0 Å². The van der Waals surface area contributed by atoms with E-state index in [4.69, 9.17) is 5.73 Å². The van der Waals surface area contributed by atoms with E-state index in [9.17, 15) is 4.79 Å². The second kappa shape index (κ2) is 2.35. The zero-order valence-corrected chi connectivity index (χ0v) is 7.42. The predicted octanol–water partition coefficient (Wildman–Crippen LogP) is 1.46. The minimum Gasteiger partial charge on any atom is -0.369 e. The summed E-state index contributed by atoms with van der Waals surface area (Å²) in [6.45, 7) is 2.07. The summed E-state index contributed by atoms with van der Waals surface area (Å²) in [4.78, 5) is 11.3. The van der Waals surface area contributed by atoms with Crippen LogP contribution in [0, 0.1) is 17.3 Å². The van der Waals surface area contributed by atoms with Gasteiger partial charge in [-0.1, -0.05) is 19.1 Å². The molecular formula is C10H15NO. The number of nitrogens with two attached hydrogens (primary N) is 1. The Morgan fingerprint density at radius 2 is 2.42 bits per heavy atom. The quantitative estimate of drug-likeness (QED) is 0.618. The highest BCUT2D eigenvalue weighted by molar-refractivity contribution is 5.82. The first-order chi connectivity index (χ1) is 5.69. The molecule has 0 spiro atoms. The highest BCUT2D eigenvalue weighted by Gasteiger charge is 2.50. The smallest absolute Gasteiger partial charge is 0.224 e. The summed E-state index contributed by atoms with van der Waals surface area (Å²) in [6, 6.07) is 0. The molecule has 3 atom stereocenters. The number of carbonyl (C=O) groups is 1. The molecular weight excluding hydrogens is 150 g/mol. The van der Waals surface area contributed by atoms with E-state index < -0.39 is 0 Å². The summed E-state index contributed by atoms with van der Waals surface area (Å²) in [6.07, 6.45) is 7.45. The molecule has 2 nitrogen and oxygen atoms in total. The van der Waals surface area contributed by atoms with E-state index in [2.05, 4.69) is 19.1 Å². The first-order valence-electron chi connectivity index (χ1n) is 4.67. The standard InChI is InChI=1S/C10H15NO/c1-2-10(9(11)12)6-7-3-4-8(10)5-7/h3-4,7-8H,2,5-6H2,1H3,(H2,11,12). The number of allylic oxidation sites excluding steroid dienone is 2. The number of amides is 1. The molecule has 0 aromatic heterocycles. The third-order valence-electron chi connectivity index (χ3n) is 3.63. The molecule has 66 valence electrons. The topological polar surface area (TPSA) is 43.1 Å². The van der Waals surface area contributed by atoms with Gasteiger partial charge in [0.2, 0.25) is 5.91 Å². The lowest BCUT2D eigenvalue weighted by Crippen LogP contribution is -2.39. The molecule has 3 unspecified atom stereocenters. The minimum absolute atomic E-state index is 0.0955. The minimum atomic E-state index is -0.195. The average Bonchev–Trinajstić information content (AvgIpc) is 2.62. The fourth-order valence-corrected chi connectivity index (χ4v) is 2.82. The second-order valence-electron chi connectivity index (χ2n) is 4.07. The van der Waals surface area contributed by atoms with E-state index >= 15 is 0 Å². The number of hydrogen-bond acceptors (Lipinski definition) is 1. The van der Waals surface area contributed by atoms with Crippen LogP contribution in [-0.2, 0) is 4.79 Å². The van der Waals surface area contributed by atoms with Gasteiger partial charge in [0.25, 0.3) is 0 Å². The van der Waals surface area contributed by atoms with Crippen molar-refractivity contribution in [3.05, 3.63) is 12.2 Å². The van der Waals surface area contributed by atoms with E-state index in [1.54, 1.807) is 0 Å². The third kappa shape index (κ3) is 0.780. The van der Waals surface area contributed by atoms with Gasteiger partial charge in [-0.2, -0.15) is 0 Å². The molecule has 0 radical (unpaired) electrons. The van der Waals surface area contributed by atoms with Crippen molar-refractivity contribution >= 4 is 5.91 Å². The number of hydrogen-bond donors (Lipinski definition) is 1.